The topological polar surface area (TPSA) is 30.3 Å². The number of aryl methyl sites for hydroxylation is 2. The normalized spacial score (nSPS) is 18.7. The number of rotatable bonds is 7. The molecule has 1 aliphatic heterocycles. The van der Waals surface area contributed by atoms with Gasteiger partial charge in [0, 0.05) is 25.5 Å². The molecule has 0 aliphatic carbocycles. The average Bonchev–Trinajstić information content (AvgIpc) is 3.07. The van der Waals surface area contributed by atoms with Crippen LogP contribution >= 0.6 is 0 Å². The van der Waals surface area contributed by atoms with Crippen molar-refractivity contribution in [3.8, 4) is 5.75 Å². The lowest BCUT2D eigenvalue weighted by atomic mass is 9.91. The van der Waals surface area contributed by atoms with Gasteiger partial charge in [-0.3, -0.25) is 4.90 Å². The molecule has 3 rings (SSSR count). The van der Waals surface area contributed by atoms with E-state index in [1.807, 2.05) is 12.3 Å². The van der Waals surface area contributed by atoms with Crippen LogP contribution in [0.1, 0.15) is 37.6 Å². The van der Waals surface area contributed by atoms with E-state index in [0.717, 1.165) is 31.2 Å². The Morgan fingerprint density at radius 2 is 2.25 bits per heavy atom. The Kier molecular flexibility index (Phi) is 5.91. The number of ether oxygens (including phenoxy) is 1. The molecule has 24 heavy (non-hydrogen) atoms. The lowest BCUT2D eigenvalue weighted by Crippen LogP contribution is -2.35. The van der Waals surface area contributed by atoms with Gasteiger partial charge in [0.2, 0.25) is 0 Å². The molecule has 2 aromatic rings. The minimum absolute atomic E-state index is 0.787. The molecule has 0 saturated carbocycles. The Morgan fingerprint density at radius 1 is 1.33 bits per heavy atom. The van der Waals surface area contributed by atoms with Crippen molar-refractivity contribution in [3.63, 3.8) is 0 Å². The van der Waals surface area contributed by atoms with Crippen LogP contribution in [0.3, 0.4) is 0 Å². The number of hydrogen-bond acceptors (Lipinski definition) is 3. The molecule has 0 bridgehead atoms. The predicted molar refractivity (Wildman–Crippen MR) is 97.2 cm³/mol. The molecule has 0 N–H and O–H groups in total. The first-order chi connectivity index (χ1) is 11.8. The summed E-state index contributed by atoms with van der Waals surface area (Å²) >= 11 is 0. The smallest absolute Gasteiger partial charge is 0.122 e. The third-order valence-corrected chi connectivity index (χ3v) is 5.09. The summed E-state index contributed by atoms with van der Waals surface area (Å²) in [5, 5.41) is 0. The number of benzene rings is 1. The van der Waals surface area contributed by atoms with E-state index < -0.39 is 0 Å². The highest BCUT2D eigenvalue weighted by molar-refractivity contribution is 5.28. The van der Waals surface area contributed by atoms with Gasteiger partial charge < -0.3 is 9.30 Å². The molecule has 4 heteroatoms. The number of hydrogen-bond donors (Lipinski definition) is 0. The monoisotopic (exact) mass is 327 g/mol. The van der Waals surface area contributed by atoms with Gasteiger partial charge in [-0.15, -0.1) is 0 Å². The van der Waals surface area contributed by atoms with Crippen LogP contribution < -0.4 is 4.74 Å². The van der Waals surface area contributed by atoms with E-state index in [-0.39, 0.29) is 0 Å². The van der Waals surface area contributed by atoms with Crippen molar-refractivity contribution in [3.05, 3.63) is 48.0 Å². The maximum absolute atomic E-state index is 5.33. The van der Waals surface area contributed by atoms with Gasteiger partial charge in [-0.05, 0) is 62.8 Å². The molecule has 0 amide bonds. The van der Waals surface area contributed by atoms with Crippen molar-refractivity contribution >= 4 is 0 Å². The molecular weight excluding hydrogens is 298 g/mol. The third-order valence-electron chi connectivity index (χ3n) is 5.09. The second kappa shape index (κ2) is 8.34. The predicted octanol–water partition coefficient (Wildman–Crippen LogP) is 3.76. The number of methoxy groups -OCH3 is 1. The zero-order valence-corrected chi connectivity index (χ0v) is 14.9. The van der Waals surface area contributed by atoms with Gasteiger partial charge in [-0.2, -0.15) is 0 Å². The summed E-state index contributed by atoms with van der Waals surface area (Å²) in [5.74, 6) is 2.95. The molecule has 1 aromatic heterocycles. The fourth-order valence-electron chi connectivity index (χ4n) is 3.71. The number of likely N-dealkylation sites (tertiary alicyclic amines) is 1. The van der Waals surface area contributed by atoms with Gasteiger partial charge in [0.1, 0.15) is 11.6 Å². The van der Waals surface area contributed by atoms with Gasteiger partial charge >= 0.3 is 0 Å². The number of imidazole rings is 1. The standard InChI is InChI=1S/C20H29N3O/c1-3-23-13-11-21-20(23)16-22-12-5-7-18(15-22)10-9-17-6-4-8-19(14-17)24-2/h4,6,8,11,13-14,18H,3,5,7,9-10,12,15-16H2,1-2H3/t18-/m0/s1. The highest BCUT2D eigenvalue weighted by Crippen LogP contribution is 2.23. The van der Waals surface area contributed by atoms with E-state index in [2.05, 4.69) is 45.8 Å². The third kappa shape index (κ3) is 4.38. The molecule has 0 unspecified atom stereocenters. The van der Waals surface area contributed by atoms with Gasteiger partial charge in [-0.25, -0.2) is 4.98 Å². The van der Waals surface area contributed by atoms with Crippen molar-refractivity contribution in [1.29, 1.82) is 0 Å². The average molecular weight is 327 g/mol. The van der Waals surface area contributed by atoms with E-state index >= 15 is 0 Å². The molecule has 130 valence electrons. The molecule has 1 fully saturated rings. The van der Waals surface area contributed by atoms with E-state index in [1.165, 1.54) is 43.7 Å². The van der Waals surface area contributed by atoms with E-state index in [4.69, 9.17) is 4.74 Å². The van der Waals surface area contributed by atoms with Crippen LogP contribution in [0.4, 0.5) is 0 Å². The zero-order chi connectivity index (χ0) is 16.8. The van der Waals surface area contributed by atoms with Crippen LogP contribution in [0, 0.1) is 5.92 Å². The number of piperidine rings is 1. The van der Waals surface area contributed by atoms with Crippen molar-refractivity contribution in [1.82, 2.24) is 14.5 Å². The fraction of sp³-hybridized carbons (Fsp3) is 0.550. The fourth-order valence-corrected chi connectivity index (χ4v) is 3.71. The molecule has 0 radical (unpaired) electrons. The van der Waals surface area contributed by atoms with Gasteiger partial charge in [0.15, 0.2) is 0 Å². The molecule has 1 atom stereocenters. The molecule has 4 nitrogen and oxygen atoms in total. The molecule has 1 aromatic carbocycles. The summed E-state index contributed by atoms with van der Waals surface area (Å²) in [4.78, 5) is 7.10. The number of nitrogens with zero attached hydrogens (tertiary/aromatic N) is 3. The lowest BCUT2D eigenvalue weighted by molar-refractivity contribution is 0.157. The second-order valence-electron chi connectivity index (χ2n) is 6.76. The highest BCUT2D eigenvalue weighted by Gasteiger charge is 2.21. The number of aromatic nitrogens is 2. The lowest BCUT2D eigenvalue weighted by Gasteiger charge is -2.32. The van der Waals surface area contributed by atoms with Gasteiger partial charge in [0.25, 0.3) is 0 Å². The summed E-state index contributed by atoms with van der Waals surface area (Å²) in [6, 6.07) is 8.48. The molecule has 2 heterocycles. The van der Waals surface area contributed by atoms with E-state index in [0.29, 0.717) is 0 Å². The Bertz CT molecular complexity index is 637. The van der Waals surface area contributed by atoms with Crippen LogP contribution in [0.25, 0.3) is 0 Å². The molecule has 1 aliphatic rings. The zero-order valence-electron chi connectivity index (χ0n) is 14.9. The Balaban J connectivity index is 1.52. The summed E-state index contributed by atoms with van der Waals surface area (Å²) in [7, 11) is 1.73. The van der Waals surface area contributed by atoms with Crippen molar-refractivity contribution in [2.24, 2.45) is 5.92 Å². The van der Waals surface area contributed by atoms with E-state index in [1.54, 1.807) is 7.11 Å². The second-order valence-corrected chi connectivity index (χ2v) is 6.76. The van der Waals surface area contributed by atoms with Gasteiger partial charge in [-0.1, -0.05) is 12.1 Å². The van der Waals surface area contributed by atoms with Crippen molar-refractivity contribution < 1.29 is 4.74 Å². The molecule has 1 saturated heterocycles. The summed E-state index contributed by atoms with van der Waals surface area (Å²) < 4.78 is 7.58. The van der Waals surface area contributed by atoms with Crippen LogP contribution in [0.5, 0.6) is 5.75 Å². The maximum Gasteiger partial charge on any atom is 0.122 e. The molecule has 0 spiro atoms. The van der Waals surface area contributed by atoms with E-state index in [9.17, 15) is 0 Å². The SMILES string of the molecule is CCn1ccnc1CN1CCC[C@@H](CCc2cccc(OC)c2)C1. The minimum Gasteiger partial charge on any atom is -0.497 e. The summed E-state index contributed by atoms with van der Waals surface area (Å²) in [5.41, 5.74) is 1.38. The highest BCUT2D eigenvalue weighted by atomic mass is 16.5. The maximum atomic E-state index is 5.33. The summed E-state index contributed by atoms with van der Waals surface area (Å²) in [6.07, 6.45) is 9.05. The van der Waals surface area contributed by atoms with Crippen LogP contribution in [0.15, 0.2) is 36.7 Å². The first-order valence-corrected chi connectivity index (χ1v) is 9.13. The van der Waals surface area contributed by atoms with Crippen LogP contribution in [-0.2, 0) is 19.5 Å². The van der Waals surface area contributed by atoms with Crippen LogP contribution in [-0.4, -0.2) is 34.7 Å². The first kappa shape index (κ1) is 17.0. The summed E-state index contributed by atoms with van der Waals surface area (Å²) in [6.45, 7) is 6.56. The first-order valence-electron chi connectivity index (χ1n) is 9.13. The quantitative estimate of drug-likeness (QED) is 0.776. The minimum atomic E-state index is 0.787. The van der Waals surface area contributed by atoms with Crippen LogP contribution in [0.2, 0.25) is 0 Å². The van der Waals surface area contributed by atoms with Gasteiger partial charge in [0.05, 0.1) is 13.7 Å². The Labute approximate surface area is 145 Å². The largest absolute Gasteiger partial charge is 0.497 e. The van der Waals surface area contributed by atoms with Crippen molar-refractivity contribution in [2.45, 2.75) is 45.7 Å². The Morgan fingerprint density at radius 3 is 3.08 bits per heavy atom. The Hall–Kier alpha value is -1.81. The molecular formula is C20H29N3O. The van der Waals surface area contributed by atoms with Crippen molar-refractivity contribution in [2.75, 3.05) is 20.2 Å².